The zero-order valence-electron chi connectivity index (χ0n) is 13.2. The van der Waals surface area contributed by atoms with Crippen LogP contribution in [0, 0.1) is 17.5 Å². The van der Waals surface area contributed by atoms with Crippen molar-refractivity contribution in [2.75, 3.05) is 0 Å². The van der Waals surface area contributed by atoms with Gasteiger partial charge in [0.1, 0.15) is 5.83 Å². The molecule has 0 spiro atoms. The summed E-state index contributed by atoms with van der Waals surface area (Å²) in [6.45, 7) is 1.76. The van der Waals surface area contributed by atoms with Crippen molar-refractivity contribution in [3.63, 3.8) is 0 Å². The van der Waals surface area contributed by atoms with E-state index >= 15 is 0 Å². The summed E-state index contributed by atoms with van der Waals surface area (Å²) in [7, 11) is 0. The van der Waals surface area contributed by atoms with Crippen molar-refractivity contribution in [3.8, 4) is 0 Å². The molecule has 0 saturated heterocycles. The maximum absolute atomic E-state index is 13.8. The summed E-state index contributed by atoms with van der Waals surface area (Å²) >= 11 is 0. The molecule has 2 aromatic carbocycles. The third-order valence-electron chi connectivity index (χ3n) is 3.66. The topological polar surface area (TPSA) is 0 Å². The van der Waals surface area contributed by atoms with Crippen LogP contribution in [0.2, 0.25) is 0 Å². The molecule has 0 amide bonds. The minimum absolute atomic E-state index is 0.0509. The van der Waals surface area contributed by atoms with Crippen LogP contribution in [0.25, 0.3) is 5.83 Å². The summed E-state index contributed by atoms with van der Waals surface area (Å²) < 4.78 is 66.5. The van der Waals surface area contributed by atoms with Gasteiger partial charge in [0, 0.05) is 12.0 Å². The fraction of sp³-hybridized carbons (Fsp3) is 0.263. The Morgan fingerprint density at radius 2 is 1.38 bits per heavy atom. The highest BCUT2D eigenvalue weighted by Crippen LogP contribution is 2.25. The molecule has 0 unspecified atom stereocenters. The van der Waals surface area contributed by atoms with Crippen LogP contribution in [0.3, 0.4) is 0 Å². The zero-order chi connectivity index (χ0) is 17.7. The quantitative estimate of drug-likeness (QED) is 0.428. The van der Waals surface area contributed by atoms with Crippen LogP contribution in [-0.2, 0) is 12.8 Å². The highest BCUT2D eigenvalue weighted by atomic mass is 19.2. The maximum atomic E-state index is 13.8. The number of allylic oxidation sites excluding steroid dienone is 1. The smallest absolute Gasteiger partial charge is 0.194 e. The van der Waals surface area contributed by atoms with Gasteiger partial charge in [-0.2, -0.15) is 0 Å². The first-order valence-electron chi connectivity index (χ1n) is 7.69. The Bertz CT molecular complexity index is 709. The molecule has 0 fully saturated rings. The lowest BCUT2D eigenvalue weighted by molar-refractivity contribution is 0.445. The first kappa shape index (κ1) is 18.2. The van der Waals surface area contributed by atoms with Crippen molar-refractivity contribution in [1.82, 2.24) is 0 Å². The first-order valence-corrected chi connectivity index (χ1v) is 7.69. The average molecular weight is 340 g/mol. The van der Waals surface area contributed by atoms with Gasteiger partial charge in [0.2, 0.25) is 0 Å². The van der Waals surface area contributed by atoms with Crippen LogP contribution in [0.5, 0.6) is 0 Å². The molecule has 5 heteroatoms. The SMILES string of the molecule is CCC/C(F)=C(\F)c1ccc(CCc2cc(F)c(F)c(F)c2)cc1. The van der Waals surface area contributed by atoms with E-state index in [2.05, 4.69) is 0 Å². The number of aryl methyl sites for hydroxylation is 2. The molecule has 24 heavy (non-hydrogen) atoms. The molecule has 0 aliphatic carbocycles. The van der Waals surface area contributed by atoms with E-state index in [9.17, 15) is 22.0 Å². The van der Waals surface area contributed by atoms with Crippen molar-refractivity contribution >= 4 is 5.83 Å². The standard InChI is InChI=1S/C19H17F5/c1-2-3-15(20)18(23)14-8-6-12(7-9-14)4-5-13-10-16(21)19(24)17(22)11-13/h6-11H,2-5H2,1H3/b18-15+. The Balaban J connectivity index is 2.06. The van der Waals surface area contributed by atoms with Crippen molar-refractivity contribution in [3.05, 3.63) is 76.4 Å². The monoisotopic (exact) mass is 340 g/mol. The zero-order valence-corrected chi connectivity index (χ0v) is 13.2. The number of benzene rings is 2. The molecule has 0 aromatic heterocycles. The lowest BCUT2D eigenvalue weighted by Crippen LogP contribution is -1.97. The second kappa shape index (κ2) is 8.08. The van der Waals surface area contributed by atoms with Gasteiger partial charge in [-0.3, -0.25) is 0 Å². The average Bonchev–Trinajstić information content (AvgIpc) is 2.57. The van der Waals surface area contributed by atoms with Crippen molar-refractivity contribution in [1.29, 1.82) is 0 Å². The molecule has 0 bridgehead atoms. The van der Waals surface area contributed by atoms with E-state index in [1.54, 1.807) is 19.1 Å². The maximum Gasteiger partial charge on any atom is 0.194 e. The summed E-state index contributed by atoms with van der Waals surface area (Å²) in [6.07, 6.45) is 1.31. The molecule has 0 aliphatic heterocycles. The van der Waals surface area contributed by atoms with Gasteiger partial charge in [-0.15, -0.1) is 0 Å². The molecular formula is C19H17F5. The van der Waals surface area contributed by atoms with Crippen LogP contribution in [0.4, 0.5) is 22.0 Å². The van der Waals surface area contributed by atoms with Crippen molar-refractivity contribution in [2.45, 2.75) is 32.6 Å². The second-order valence-electron chi connectivity index (χ2n) is 5.54. The summed E-state index contributed by atoms with van der Waals surface area (Å²) in [5, 5.41) is 0. The Morgan fingerprint density at radius 1 is 0.833 bits per heavy atom. The van der Waals surface area contributed by atoms with Gasteiger partial charge < -0.3 is 0 Å². The molecule has 2 rings (SSSR count). The van der Waals surface area contributed by atoms with Crippen LogP contribution >= 0.6 is 0 Å². The molecular weight excluding hydrogens is 323 g/mol. The molecule has 0 aliphatic rings. The van der Waals surface area contributed by atoms with E-state index < -0.39 is 29.1 Å². The van der Waals surface area contributed by atoms with Crippen LogP contribution in [-0.4, -0.2) is 0 Å². The number of hydrogen-bond donors (Lipinski definition) is 0. The van der Waals surface area contributed by atoms with E-state index in [1.807, 2.05) is 0 Å². The second-order valence-corrected chi connectivity index (χ2v) is 5.54. The molecule has 0 N–H and O–H groups in total. The van der Waals surface area contributed by atoms with Gasteiger partial charge in [-0.1, -0.05) is 31.2 Å². The summed E-state index contributed by atoms with van der Waals surface area (Å²) in [5.74, 6) is -5.58. The normalized spacial score (nSPS) is 12.2. The minimum atomic E-state index is -1.49. The van der Waals surface area contributed by atoms with Gasteiger partial charge >= 0.3 is 0 Å². The van der Waals surface area contributed by atoms with Gasteiger partial charge in [-0.25, -0.2) is 22.0 Å². The highest BCUT2D eigenvalue weighted by Gasteiger charge is 2.11. The highest BCUT2D eigenvalue weighted by molar-refractivity contribution is 5.61. The van der Waals surface area contributed by atoms with Crippen molar-refractivity contribution < 1.29 is 22.0 Å². The summed E-state index contributed by atoms with van der Waals surface area (Å²) in [5.41, 5.74) is 1.28. The number of rotatable bonds is 6. The van der Waals surface area contributed by atoms with Crippen LogP contribution in [0.1, 0.15) is 36.5 Å². The van der Waals surface area contributed by atoms with E-state index in [1.165, 1.54) is 12.1 Å². The Morgan fingerprint density at radius 3 is 1.92 bits per heavy atom. The molecule has 0 heterocycles. The molecule has 0 radical (unpaired) electrons. The molecule has 0 saturated carbocycles. The summed E-state index contributed by atoms with van der Waals surface area (Å²) in [6, 6.07) is 8.09. The predicted octanol–water partition coefficient (Wildman–Crippen LogP) is 6.30. The fourth-order valence-corrected chi connectivity index (χ4v) is 2.34. The third-order valence-corrected chi connectivity index (χ3v) is 3.66. The minimum Gasteiger partial charge on any atom is -0.209 e. The lowest BCUT2D eigenvalue weighted by atomic mass is 10.0. The van der Waals surface area contributed by atoms with E-state index in [-0.39, 0.29) is 12.0 Å². The van der Waals surface area contributed by atoms with Gasteiger partial charge in [-0.05, 0) is 42.5 Å². The van der Waals surface area contributed by atoms with Crippen LogP contribution in [0.15, 0.2) is 42.2 Å². The Labute approximate surface area is 137 Å². The van der Waals surface area contributed by atoms with Gasteiger partial charge in [0.15, 0.2) is 23.3 Å². The Kier molecular flexibility index (Phi) is 6.12. The van der Waals surface area contributed by atoms with E-state index in [0.717, 1.165) is 17.7 Å². The van der Waals surface area contributed by atoms with E-state index in [4.69, 9.17) is 0 Å². The largest absolute Gasteiger partial charge is 0.209 e. The Hall–Kier alpha value is -2.17. The van der Waals surface area contributed by atoms with Crippen molar-refractivity contribution in [2.24, 2.45) is 0 Å². The third kappa shape index (κ3) is 4.43. The summed E-state index contributed by atoms with van der Waals surface area (Å²) in [4.78, 5) is 0. The van der Waals surface area contributed by atoms with Crippen LogP contribution < -0.4 is 0 Å². The van der Waals surface area contributed by atoms with Gasteiger partial charge in [0.05, 0.1) is 0 Å². The van der Waals surface area contributed by atoms with Gasteiger partial charge in [0.25, 0.3) is 0 Å². The predicted molar refractivity (Wildman–Crippen MR) is 84.2 cm³/mol. The van der Waals surface area contributed by atoms with E-state index in [0.29, 0.717) is 24.8 Å². The molecule has 0 nitrogen and oxygen atoms in total. The lowest BCUT2D eigenvalue weighted by Gasteiger charge is -2.06. The first-order chi connectivity index (χ1) is 11.4. The fourth-order valence-electron chi connectivity index (χ4n) is 2.34. The molecule has 2 aromatic rings. The molecule has 128 valence electrons. The molecule has 0 atom stereocenters. The number of halogens is 5. The number of hydrogen-bond acceptors (Lipinski definition) is 0.